The van der Waals surface area contributed by atoms with Crippen LogP contribution in [0.4, 0.5) is 0 Å². The molecule has 1 amide bonds. The van der Waals surface area contributed by atoms with Gasteiger partial charge in [-0.3, -0.25) is 4.79 Å². The van der Waals surface area contributed by atoms with Crippen molar-refractivity contribution in [1.29, 1.82) is 0 Å². The monoisotopic (exact) mass is 159 g/mol. The second-order valence-electron chi connectivity index (χ2n) is 0.913. The number of amides is 1. The van der Waals surface area contributed by atoms with Gasteiger partial charge in [-0.1, -0.05) is 6.92 Å². The molecular formula is C4H10NNaO2S. The summed E-state index contributed by atoms with van der Waals surface area (Å²) in [5, 5.41) is 8.93. The van der Waals surface area contributed by atoms with Gasteiger partial charge in [0.25, 0.3) is 0 Å². The van der Waals surface area contributed by atoms with Crippen LogP contribution < -0.4 is 40.4 Å². The zero-order valence-corrected chi connectivity index (χ0v) is 8.65. The number of carbonyl (C=O) groups excluding carboxylic acids is 1. The van der Waals surface area contributed by atoms with Crippen LogP contribution in [-0.2, 0) is 4.79 Å². The molecule has 0 rings (SSSR count). The van der Waals surface area contributed by atoms with Gasteiger partial charge in [0.15, 0.2) is 0 Å². The summed E-state index contributed by atoms with van der Waals surface area (Å²) in [5.74, 6) is -0.242. The van der Waals surface area contributed by atoms with Gasteiger partial charge in [0.2, 0.25) is 5.91 Å². The van der Waals surface area contributed by atoms with E-state index < -0.39 is 0 Å². The Labute approximate surface area is 82.7 Å². The van der Waals surface area contributed by atoms with Crippen molar-refractivity contribution in [2.24, 2.45) is 5.73 Å². The fourth-order valence-electron chi connectivity index (χ4n) is 0. The summed E-state index contributed by atoms with van der Waals surface area (Å²) in [7, 11) is 0. The molecule has 50 valence electrons. The van der Waals surface area contributed by atoms with Crippen molar-refractivity contribution in [3.63, 3.8) is 0 Å². The molecule has 0 aliphatic carbocycles. The van der Waals surface area contributed by atoms with Crippen LogP contribution in [-0.4, -0.2) is 18.3 Å². The molecule has 0 bridgehead atoms. The number of primary amides is 1. The Morgan fingerprint density at radius 2 is 1.89 bits per heavy atom. The smallest absolute Gasteiger partial charge is 0.855 e. The zero-order valence-electron chi connectivity index (χ0n) is 5.76. The molecule has 0 saturated heterocycles. The van der Waals surface area contributed by atoms with E-state index in [-0.39, 0.29) is 47.8 Å². The fraction of sp³-hybridized carbons (Fsp3) is 0.750. The van der Waals surface area contributed by atoms with E-state index in [0.717, 1.165) is 0 Å². The van der Waals surface area contributed by atoms with E-state index in [1.165, 1.54) is 0 Å². The summed E-state index contributed by atoms with van der Waals surface area (Å²) in [4.78, 5) is 9.51. The molecule has 0 spiro atoms. The van der Waals surface area contributed by atoms with E-state index in [1.54, 1.807) is 6.92 Å². The Hall–Kier alpha value is 0.780. The molecule has 0 aliphatic heterocycles. The summed E-state index contributed by atoms with van der Waals surface area (Å²) in [5.41, 5.74) is 4.58. The molecule has 9 heavy (non-hydrogen) atoms. The van der Waals surface area contributed by atoms with Crippen molar-refractivity contribution in [1.82, 2.24) is 0 Å². The van der Waals surface area contributed by atoms with Crippen molar-refractivity contribution < 1.29 is 39.5 Å². The third-order valence-corrected chi connectivity index (χ3v) is 0.468. The molecule has 2 N–H and O–H groups in total. The Balaban J connectivity index is -0.0000000800. The van der Waals surface area contributed by atoms with Crippen molar-refractivity contribution in [2.75, 3.05) is 12.4 Å². The first-order valence-corrected chi connectivity index (χ1v) is 2.79. The summed E-state index contributed by atoms with van der Waals surface area (Å²) in [6.45, 7) is 1.57. The predicted molar refractivity (Wildman–Crippen MR) is 33.6 cm³/mol. The fourth-order valence-corrected chi connectivity index (χ4v) is 0. The Morgan fingerprint density at radius 1 is 1.78 bits per heavy atom. The van der Waals surface area contributed by atoms with Crippen molar-refractivity contribution in [3.8, 4) is 0 Å². The maximum Gasteiger partial charge on any atom is 1.00 e. The molecule has 3 nitrogen and oxygen atoms in total. The average Bonchev–Trinajstić information content (AvgIpc) is 1.69. The van der Waals surface area contributed by atoms with E-state index in [0.29, 0.717) is 0 Å². The van der Waals surface area contributed by atoms with Crippen LogP contribution in [0.3, 0.4) is 0 Å². The van der Waals surface area contributed by atoms with E-state index in [2.05, 4.69) is 18.4 Å². The molecule has 0 atom stereocenters. The number of nitrogens with two attached hydrogens (primary N) is 1. The molecule has 0 fully saturated rings. The summed E-state index contributed by atoms with van der Waals surface area (Å²) >= 11 is 3.54. The third kappa shape index (κ3) is 52.2. The van der Waals surface area contributed by atoms with Gasteiger partial charge in [-0.15, -0.1) is 6.61 Å². The van der Waals surface area contributed by atoms with Crippen molar-refractivity contribution in [3.05, 3.63) is 0 Å². The van der Waals surface area contributed by atoms with Gasteiger partial charge in [0, 0.05) is 0 Å². The second kappa shape index (κ2) is 15.9. The van der Waals surface area contributed by atoms with Gasteiger partial charge in [-0.25, -0.2) is 0 Å². The Bertz CT molecular complexity index is 62.5. The zero-order chi connectivity index (χ0) is 6.99. The minimum absolute atomic E-state index is 0. The minimum Gasteiger partial charge on any atom is -0.855 e. The normalized spacial score (nSPS) is 6.11. The van der Waals surface area contributed by atoms with Gasteiger partial charge >= 0.3 is 29.6 Å². The predicted octanol–water partition coefficient (Wildman–Crippen LogP) is -4.23. The molecule has 0 saturated carbocycles. The van der Waals surface area contributed by atoms with Crippen LogP contribution in [0.25, 0.3) is 0 Å². The maximum atomic E-state index is 9.51. The van der Waals surface area contributed by atoms with Gasteiger partial charge in [0.05, 0.1) is 5.75 Å². The number of hydrogen-bond donors (Lipinski definition) is 2. The molecule has 0 aliphatic rings. The molecule has 0 unspecified atom stereocenters. The Morgan fingerprint density at radius 3 is 1.89 bits per heavy atom. The SMILES string of the molecule is CC[O-].NC(=O)CS.[Na+]. The standard InChI is InChI=1S/C2H5NOS.C2H5O.Na/c3-2(4)1-5;1-2-3;/h5H,1H2,(H2,3,4);2H2,1H3;/q;-1;+1. The van der Waals surface area contributed by atoms with Gasteiger partial charge in [-0.2, -0.15) is 12.6 Å². The van der Waals surface area contributed by atoms with E-state index in [1.807, 2.05) is 0 Å². The molecule has 0 aromatic carbocycles. The largest absolute Gasteiger partial charge is 1.00 e. The molecule has 0 aromatic rings. The van der Waals surface area contributed by atoms with Crippen LogP contribution in [0.5, 0.6) is 0 Å². The molecule has 0 aromatic heterocycles. The molecular weight excluding hydrogens is 149 g/mol. The van der Waals surface area contributed by atoms with Crippen molar-refractivity contribution in [2.45, 2.75) is 6.92 Å². The molecule has 0 radical (unpaired) electrons. The van der Waals surface area contributed by atoms with E-state index in [9.17, 15) is 4.79 Å². The number of rotatable bonds is 1. The number of thiol groups is 1. The van der Waals surface area contributed by atoms with Gasteiger partial charge in [-0.05, 0) is 0 Å². The van der Waals surface area contributed by atoms with E-state index in [4.69, 9.17) is 5.11 Å². The van der Waals surface area contributed by atoms with Crippen molar-refractivity contribution >= 4 is 18.5 Å². The first kappa shape index (κ1) is 16.4. The molecule has 5 heteroatoms. The van der Waals surface area contributed by atoms with Crippen LogP contribution >= 0.6 is 12.6 Å². The minimum atomic E-state index is -0.381. The van der Waals surface area contributed by atoms with Crippen LogP contribution in [0.15, 0.2) is 0 Å². The maximum absolute atomic E-state index is 9.51. The van der Waals surface area contributed by atoms with Gasteiger partial charge < -0.3 is 10.8 Å². The topological polar surface area (TPSA) is 66.2 Å². The van der Waals surface area contributed by atoms with Gasteiger partial charge in [0.1, 0.15) is 0 Å². The number of hydrogen-bond acceptors (Lipinski definition) is 3. The third-order valence-electron chi connectivity index (χ3n) is 0.156. The number of carbonyl (C=O) groups is 1. The van der Waals surface area contributed by atoms with Crippen LogP contribution in [0.2, 0.25) is 0 Å². The summed E-state index contributed by atoms with van der Waals surface area (Å²) in [6, 6.07) is 0. The summed E-state index contributed by atoms with van der Waals surface area (Å²) in [6.07, 6.45) is 0. The van der Waals surface area contributed by atoms with Crippen LogP contribution in [0, 0.1) is 0 Å². The quantitative estimate of drug-likeness (QED) is 0.301. The van der Waals surface area contributed by atoms with E-state index >= 15 is 0 Å². The summed E-state index contributed by atoms with van der Waals surface area (Å²) < 4.78 is 0. The molecule has 0 heterocycles. The average molecular weight is 159 g/mol. The Kier molecular flexibility index (Phi) is 29.0. The first-order chi connectivity index (χ1) is 3.68. The first-order valence-electron chi connectivity index (χ1n) is 2.16. The second-order valence-corrected chi connectivity index (χ2v) is 1.23. The van der Waals surface area contributed by atoms with Crippen LogP contribution in [0.1, 0.15) is 6.92 Å².